The summed E-state index contributed by atoms with van der Waals surface area (Å²) in [7, 11) is 0. The fourth-order valence-electron chi connectivity index (χ4n) is 2.55. The second kappa shape index (κ2) is 6.15. The van der Waals surface area contributed by atoms with Gasteiger partial charge in [-0.1, -0.05) is 6.07 Å². The van der Waals surface area contributed by atoms with Crippen molar-refractivity contribution in [2.75, 3.05) is 13.2 Å². The van der Waals surface area contributed by atoms with Crippen LogP contribution in [0.1, 0.15) is 24.4 Å². The smallest absolute Gasteiger partial charge is 0.161 e. The summed E-state index contributed by atoms with van der Waals surface area (Å²) in [5.74, 6) is 8.30. The van der Waals surface area contributed by atoms with Crippen LogP contribution in [-0.2, 0) is 13.0 Å². The highest BCUT2D eigenvalue weighted by Crippen LogP contribution is 2.33. The zero-order chi connectivity index (χ0) is 14.7. The van der Waals surface area contributed by atoms with Gasteiger partial charge >= 0.3 is 0 Å². The number of hydrogen-bond acceptors (Lipinski definition) is 5. The molecule has 0 aliphatic carbocycles. The lowest BCUT2D eigenvalue weighted by atomic mass is 10.0. The molecule has 21 heavy (non-hydrogen) atoms. The maximum atomic E-state index is 5.73. The molecule has 3 N–H and O–H groups in total. The van der Waals surface area contributed by atoms with E-state index in [9.17, 15) is 0 Å². The number of fused-ring (bicyclic) bond motifs is 1. The Hall–Kier alpha value is -2.05. The largest absolute Gasteiger partial charge is 0.486 e. The number of nitrogens with two attached hydrogens (primary N) is 1. The second-order valence-electron chi connectivity index (χ2n) is 4.96. The Balaban J connectivity index is 1.83. The lowest BCUT2D eigenvalue weighted by Gasteiger charge is -2.22. The number of ether oxygens (including phenoxy) is 2. The lowest BCUT2D eigenvalue weighted by molar-refractivity contribution is 0.171. The van der Waals surface area contributed by atoms with Crippen molar-refractivity contribution in [2.24, 2.45) is 5.84 Å². The molecule has 2 aromatic rings. The topological polar surface area (TPSA) is 74.3 Å². The summed E-state index contributed by atoms with van der Waals surface area (Å²) in [6.07, 6.45) is 4.51. The molecule has 3 rings (SSSR count). The van der Waals surface area contributed by atoms with Crippen LogP contribution in [0, 0.1) is 0 Å². The molecule has 0 saturated carbocycles. The van der Waals surface area contributed by atoms with E-state index in [4.69, 9.17) is 15.3 Å². The fraction of sp³-hybridized carbons (Fsp3) is 0.400. The van der Waals surface area contributed by atoms with Gasteiger partial charge < -0.3 is 14.0 Å². The average Bonchev–Trinajstić information content (AvgIpc) is 2.99. The van der Waals surface area contributed by atoms with Crippen molar-refractivity contribution in [1.29, 1.82) is 0 Å². The third-order valence-corrected chi connectivity index (χ3v) is 3.70. The molecular weight excluding hydrogens is 268 g/mol. The number of aryl methyl sites for hydroxylation is 1. The van der Waals surface area contributed by atoms with E-state index in [-0.39, 0.29) is 6.04 Å². The van der Waals surface area contributed by atoms with E-state index < -0.39 is 0 Å². The first-order valence-corrected chi connectivity index (χ1v) is 7.17. The minimum Gasteiger partial charge on any atom is -0.486 e. The maximum absolute atomic E-state index is 5.73. The first kappa shape index (κ1) is 13.9. The van der Waals surface area contributed by atoms with Crippen molar-refractivity contribution in [3.05, 3.63) is 42.0 Å². The highest BCUT2D eigenvalue weighted by Gasteiger charge is 2.18. The van der Waals surface area contributed by atoms with Crippen LogP contribution in [0.5, 0.6) is 11.5 Å². The molecule has 0 bridgehead atoms. The Bertz CT molecular complexity index is 611. The van der Waals surface area contributed by atoms with Crippen molar-refractivity contribution < 1.29 is 9.47 Å². The lowest BCUT2D eigenvalue weighted by Crippen LogP contribution is -2.30. The van der Waals surface area contributed by atoms with E-state index in [0.717, 1.165) is 35.9 Å². The van der Waals surface area contributed by atoms with Gasteiger partial charge in [-0.05, 0) is 24.6 Å². The van der Waals surface area contributed by atoms with Gasteiger partial charge in [0.1, 0.15) is 19.0 Å². The summed E-state index contributed by atoms with van der Waals surface area (Å²) in [4.78, 5) is 4.40. The molecule has 112 valence electrons. The quantitative estimate of drug-likeness (QED) is 0.643. The first-order valence-electron chi connectivity index (χ1n) is 7.17. The van der Waals surface area contributed by atoms with E-state index >= 15 is 0 Å². The number of hydrazine groups is 1. The number of benzene rings is 1. The van der Waals surface area contributed by atoms with E-state index in [2.05, 4.69) is 21.9 Å². The molecule has 1 aliphatic heterocycles. The first-order chi connectivity index (χ1) is 10.3. The van der Waals surface area contributed by atoms with E-state index in [0.29, 0.717) is 13.2 Å². The van der Waals surface area contributed by atoms with Gasteiger partial charge in [0.2, 0.25) is 0 Å². The van der Waals surface area contributed by atoms with E-state index in [1.54, 1.807) is 0 Å². The number of nitrogens with one attached hydrogen (secondary N) is 1. The third-order valence-electron chi connectivity index (χ3n) is 3.70. The number of aromatic nitrogens is 2. The van der Waals surface area contributed by atoms with Gasteiger partial charge in [0.15, 0.2) is 11.5 Å². The standard InChI is InChI=1S/C15H20N4O2/c1-2-19-6-5-17-15(19)10-12(18-16)11-3-4-13-14(9-11)21-8-7-20-13/h3-6,9,12,18H,2,7-8,10,16H2,1H3. The van der Waals surface area contributed by atoms with Gasteiger partial charge in [-0.2, -0.15) is 0 Å². The van der Waals surface area contributed by atoms with Crippen LogP contribution in [-0.4, -0.2) is 22.8 Å². The van der Waals surface area contributed by atoms with Gasteiger partial charge in [-0.25, -0.2) is 4.98 Å². The predicted molar refractivity (Wildman–Crippen MR) is 79.1 cm³/mol. The molecule has 6 heteroatoms. The minimum atomic E-state index is -0.0199. The molecular formula is C15H20N4O2. The zero-order valence-corrected chi connectivity index (χ0v) is 12.1. The Morgan fingerprint density at radius 2 is 2.14 bits per heavy atom. The van der Waals surface area contributed by atoms with Crippen molar-refractivity contribution in [2.45, 2.75) is 25.9 Å². The van der Waals surface area contributed by atoms with Gasteiger partial charge in [0, 0.05) is 25.4 Å². The van der Waals surface area contributed by atoms with Crippen LogP contribution in [0.2, 0.25) is 0 Å². The highest BCUT2D eigenvalue weighted by atomic mass is 16.6. The van der Waals surface area contributed by atoms with Crippen molar-refractivity contribution in [1.82, 2.24) is 15.0 Å². The molecule has 0 saturated heterocycles. The van der Waals surface area contributed by atoms with Gasteiger partial charge in [-0.3, -0.25) is 11.3 Å². The Morgan fingerprint density at radius 3 is 2.90 bits per heavy atom. The molecule has 1 atom stereocenters. The van der Waals surface area contributed by atoms with Crippen LogP contribution >= 0.6 is 0 Å². The minimum absolute atomic E-state index is 0.0199. The second-order valence-corrected chi connectivity index (χ2v) is 4.96. The fourth-order valence-corrected chi connectivity index (χ4v) is 2.55. The molecule has 0 spiro atoms. The van der Waals surface area contributed by atoms with Crippen LogP contribution in [0.15, 0.2) is 30.6 Å². The van der Waals surface area contributed by atoms with Crippen molar-refractivity contribution in [3.8, 4) is 11.5 Å². The number of nitrogens with zero attached hydrogens (tertiary/aromatic N) is 2. The molecule has 1 unspecified atom stereocenters. The van der Waals surface area contributed by atoms with Gasteiger partial charge in [0.05, 0.1) is 6.04 Å². The molecule has 0 radical (unpaired) electrons. The monoisotopic (exact) mass is 288 g/mol. The summed E-state index contributed by atoms with van der Waals surface area (Å²) < 4.78 is 13.3. The van der Waals surface area contributed by atoms with Crippen LogP contribution < -0.4 is 20.7 Å². The Labute approximate surface area is 123 Å². The molecule has 2 heterocycles. The predicted octanol–water partition coefficient (Wildman–Crippen LogP) is 1.42. The van der Waals surface area contributed by atoms with Crippen molar-refractivity contribution >= 4 is 0 Å². The van der Waals surface area contributed by atoms with E-state index in [1.165, 1.54) is 0 Å². The molecule has 0 fully saturated rings. The zero-order valence-electron chi connectivity index (χ0n) is 12.1. The normalized spacial score (nSPS) is 15.0. The SMILES string of the molecule is CCn1ccnc1CC(NN)c1ccc2c(c1)OCCO2. The Morgan fingerprint density at radius 1 is 1.33 bits per heavy atom. The molecule has 1 aliphatic rings. The molecule has 0 amide bonds. The summed E-state index contributed by atoms with van der Waals surface area (Å²) in [5.41, 5.74) is 3.93. The van der Waals surface area contributed by atoms with E-state index in [1.807, 2.05) is 30.6 Å². The third kappa shape index (κ3) is 2.86. The highest BCUT2D eigenvalue weighted by molar-refractivity contribution is 5.44. The van der Waals surface area contributed by atoms with Gasteiger partial charge in [0.25, 0.3) is 0 Å². The molecule has 1 aromatic carbocycles. The number of imidazole rings is 1. The maximum Gasteiger partial charge on any atom is 0.161 e. The summed E-state index contributed by atoms with van der Waals surface area (Å²) in [6.45, 7) is 4.17. The van der Waals surface area contributed by atoms with Crippen LogP contribution in [0.4, 0.5) is 0 Å². The van der Waals surface area contributed by atoms with Crippen LogP contribution in [0.25, 0.3) is 0 Å². The van der Waals surface area contributed by atoms with Gasteiger partial charge in [-0.15, -0.1) is 0 Å². The van der Waals surface area contributed by atoms with Crippen molar-refractivity contribution in [3.63, 3.8) is 0 Å². The summed E-state index contributed by atoms with van der Waals surface area (Å²) in [5, 5.41) is 0. The Kier molecular flexibility index (Phi) is 4.08. The summed E-state index contributed by atoms with van der Waals surface area (Å²) >= 11 is 0. The summed E-state index contributed by atoms with van der Waals surface area (Å²) in [6, 6.07) is 5.91. The van der Waals surface area contributed by atoms with Crippen LogP contribution in [0.3, 0.4) is 0 Å². The number of rotatable bonds is 5. The molecule has 6 nitrogen and oxygen atoms in total. The number of hydrogen-bond donors (Lipinski definition) is 2. The molecule has 1 aromatic heterocycles. The average molecular weight is 288 g/mol.